The molecule has 0 aliphatic rings. The van der Waals surface area contributed by atoms with Crippen LogP contribution in [0.3, 0.4) is 0 Å². The fourth-order valence-corrected chi connectivity index (χ4v) is 6.01. The molecular formula is C31H36ClN3O7S. The van der Waals surface area contributed by atoms with Crippen molar-refractivity contribution in [3.8, 4) is 11.1 Å². The first-order valence-electron chi connectivity index (χ1n) is 13.4. The predicted octanol–water partition coefficient (Wildman–Crippen LogP) is 5.75. The largest absolute Gasteiger partial charge is 0.480 e. The van der Waals surface area contributed by atoms with Crippen molar-refractivity contribution in [1.29, 1.82) is 0 Å². The molecule has 0 heterocycles. The van der Waals surface area contributed by atoms with Gasteiger partial charge < -0.3 is 20.5 Å². The molecule has 12 heteroatoms. The number of carboxylic acid groups (broad SMARTS) is 1. The number of ether oxygens (including phenoxy) is 1. The third-order valence-corrected chi connectivity index (χ3v) is 8.34. The van der Waals surface area contributed by atoms with Crippen LogP contribution in [0.2, 0.25) is 5.02 Å². The van der Waals surface area contributed by atoms with Crippen LogP contribution in [-0.2, 0) is 19.6 Å². The quantitative estimate of drug-likeness (QED) is 0.235. The number of anilines is 1. The van der Waals surface area contributed by atoms with Gasteiger partial charge in [-0.05, 0) is 106 Å². The number of nitrogens with one attached hydrogen (secondary N) is 3. The Hall–Kier alpha value is -4.09. The van der Waals surface area contributed by atoms with Gasteiger partial charge in [-0.1, -0.05) is 35.9 Å². The molecule has 230 valence electrons. The lowest BCUT2D eigenvalue weighted by atomic mass is 9.94. The number of rotatable bonds is 9. The Morgan fingerprint density at radius 1 is 0.907 bits per heavy atom. The monoisotopic (exact) mass is 629 g/mol. The zero-order valence-corrected chi connectivity index (χ0v) is 26.7. The molecule has 0 aliphatic heterocycles. The van der Waals surface area contributed by atoms with Crippen molar-refractivity contribution in [2.24, 2.45) is 0 Å². The van der Waals surface area contributed by atoms with Crippen molar-refractivity contribution in [1.82, 2.24) is 10.6 Å². The molecule has 3 rings (SSSR count). The van der Waals surface area contributed by atoms with Crippen LogP contribution in [0.15, 0.2) is 53.4 Å². The van der Waals surface area contributed by atoms with E-state index in [0.717, 1.165) is 5.56 Å². The summed E-state index contributed by atoms with van der Waals surface area (Å²) in [6.45, 7) is 11.5. The minimum absolute atomic E-state index is 0.128. The van der Waals surface area contributed by atoms with Crippen LogP contribution in [0, 0.1) is 27.7 Å². The van der Waals surface area contributed by atoms with Gasteiger partial charge in [-0.15, -0.1) is 0 Å². The number of benzene rings is 3. The maximum absolute atomic E-state index is 13.2. The van der Waals surface area contributed by atoms with Crippen molar-refractivity contribution in [3.05, 3.63) is 81.4 Å². The van der Waals surface area contributed by atoms with E-state index in [1.807, 2.05) is 6.07 Å². The lowest BCUT2D eigenvalue weighted by molar-refractivity contribution is -0.139. The molecule has 1 unspecified atom stereocenters. The van der Waals surface area contributed by atoms with Crippen molar-refractivity contribution in [2.75, 3.05) is 11.3 Å². The molecule has 0 aromatic heterocycles. The number of aliphatic carboxylic acids is 1. The van der Waals surface area contributed by atoms with E-state index in [1.54, 1.807) is 84.9 Å². The Bertz CT molecular complexity index is 1660. The molecule has 0 radical (unpaired) electrons. The van der Waals surface area contributed by atoms with Gasteiger partial charge in [0.2, 0.25) is 0 Å². The number of carbonyl (C=O) groups is 3. The molecule has 3 aromatic carbocycles. The molecule has 1 atom stereocenters. The van der Waals surface area contributed by atoms with Gasteiger partial charge in [0.15, 0.2) is 0 Å². The summed E-state index contributed by atoms with van der Waals surface area (Å²) in [6.07, 6.45) is -0.798. The minimum Gasteiger partial charge on any atom is -0.480 e. The first-order valence-corrected chi connectivity index (χ1v) is 15.3. The Kier molecular flexibility index (Phi) is 10.1. The summed E-state index contributed by atoms with van der Waals surface area (Å²) in [6, 6.07) is 12.1. The second-order valence-electron chi connectivity index (χ2n) is 11.3. The summed E-state index contributed by atoms with van der Waals surface area (Å²) in [5.41, 5.74) is 3.63. The van der Waals surface area contributed by atoms with Gasteiger partial charge in [0.25, 0.3) is 15.9 Å². The first kappa shape index (κ1) is 33.4. The van der Waals surface area contributed by atoms with Crippen molar-refractivity contribution >= 4 is 45.3 Å². The standard InChI is InChI=1S/C31H36ClN3O7S/c1-17-14-26(18(2)13-24(17)32)43(40,41)35-23-10-8-9-21(15-23)22-11-19(3)27(20(4)12-22)28(36)34-25(29(37)38)16-33-30(39)42-31(5,6)7/h8-15,25,35H,16H2,1-7H3,(H,33,39)(H,34,36)(H,37,38). The Morgan fingerprint density at radius 3 is 2.12 bits per heavy atom. The molecule has 0 spiro atoms. The van der Waals surface area contributed by atoms with Crippen molar-refractivity contribution in [2.45, 2.75) is 65.0 Å². The van der Waals surface area contributed by atoms with Crippen molar-refractivity contribution < 1.29 is 32.6 Å². The van der Waals surface area contributed by atoms with Crippen LogP contribution in [0.1, 0.15) is 53.4 Å². The second kappa shape index (κ2) is 13.0. The highest BCUT2D eigenvalue weighted by Gasteiger charge is 2.25. The summed E-state index contributed by atoms with van der Waals surface area (Å²) < 4.78 is 34.1. The Balaban J connectivity index is 1.81. The third-order valence-electron chi connectivity index (χ3n) is 6.41. The van der Waals surface area contributed by atoms with E-state index in [0.29, 0.717) is 38.5 Å². The van der Waals surface area contributed by atoms with Gasteiger partial charge >= 0.3 is 12.1 Å². The molecule has 0 saturated carbocycles. The van der Waals surface area contributed by atoms with E-state index in [9.17, 15) is 27.9 Å². The summed E-state index contributed by atoms with van der Waals surface area (Å²) in [5, 5.41) is 14.9. The van der Waals surface area contributed by atoms with E-state index in [4.69, 9.17) is 16.3 Å². The van der Waals surface area contributed by atoms with Gasteiger partial charge in [-0.25, -0.2) is 18.0 Å². The smallest absolute Gasteiger partial charge is 0.407 e. The van der Waals surface area contributed by atoms with Gasteiger partial charge in [0.1, 0.15) is 11.6 Å². The van der Waals surface area contributed by atoms with Crippen LogP contribution in [0.4, 0.5) is 10.5 Å². The number of carbonyl (C=O) groups excluding carboxylic acids is 2. The minimum atomic E-state index is -3.90. The van der Waals surface area contributed by atoms with Crippen LogP contribution in [0.5, 0.6) is 0 Å². The lowest BCUT2D eigenvalue weighted by Gasteiger charge is -2.21. The molecule has 0 aliphatic carbocycles. The maximum atomic E-state index is 13.2. The molecule has 0 fully saturated rings. The van der Waals surface area contributed by atoms with Gasteiger partial charge in [-0.3, -0.25) is 9.52 Å². The normalized spacial score (nSPS) is 12.3. The summed E-state index contributed by atoms with van der Waals surface area (Å²) in [5.74, 6) is -1.94. The van der Waals surface area contributed by atoms with E-state index in [-0.39, 0.29) is 17.0 Å². The van der Waals surface area contributed by atoms with E-state index in [2.05, 4.69) is 15.4 Å². The van der Waals surface area contributed by atoms with Crippen LogP contribution in [0.25, 0.3) is 11.1 Å². The van der Waals surface area contributed by atoms with Crippen LogP contribution >= 0.6 is 11.6 Å². The Labute approximate surface area is 256 Å². The highest BCUT2D eigenvalue weighted by Crippen LogP contribution is 2.30. The third kappa shape index (κ3) is 8.71. The van der Waals surface area contributed by atoms with Crippen molar-refractivity contribution in [3.63, 3.8) is 0 Å². The van der Waals surface area contributed by atoms with Crippen LogP contribution in [-0.4, -0.2) is 49.7 Å². The average Bonchev–Trinajstić information content (AvgIpc) is 2.86. The second-order valence-corrected chi connectivity index (χ2v) is 13.3. The maximum Gasteiger partial charge on any atom is 0.407 e. The fraction of sp³-hybridized carbons (Fsp3) is 0.323. The molecule has 10 nitrogen and oxygen atoms in total. The first-order chi connectivity index (χ1) is 19.9. The van der Waals surface area contributed by atoms with Gasteiger partial charge in [-0.2, -0.15) is 0 Å². The van der Waals surface area contributed by atoms with E-state index in [1.165, 1.54) is 6.07 Å². The number of alkyl carbamates (subject to hydrolysis) is 1. The average molecular weight is 630 g/mol. The van der Waals surface area contributed by atoms with Gasteiger partial charge in [0.05, 0.1) is 11.4 Å². The lowest BCUT2D eigenvalue weighted by Crippen LogP contribution is -2.49. The summed E-state index contributed by atoms with van der Waals surface area (Å²) in [4.78, 5) is 37.0. The molecule has 43 heavy (non-hydrogen) atoms. The molecule has 0 saturated heterocycles. The number of hydrogen-bond acceptors (Lipinski definition) is 6. The summed E-state index contributed by atoms with van der Waals surface area (Å²) in [7, 11) is -3.90. The predicted molar refractivity (Wildman–Crippen MR) is 166 cm³/mol. The molecule has 0 bridgehead atoms. The molecule has 2 amide bonds. The molecular weight excluding hydrogens is 594 g/mol. The topological polar surface area (TPSA) is 151 Å². The fourth-order valence-electron chi connectivity index (χ4n) is 4.43. The number of amides is 2. The zero-order valence-electron chi connectivity index (χ0n) is 25.1. The Morgan fingerprint density at radius 2 is 1.53 bits per heavy atom. The van der Waals surface area contributed by atoms with E-state index < -0.39 is 39.6 Å². The highest BCUT2D eigenvalue weighted by molar-refractivity contribution is 7.92. The highest BCUT2D eigenvalue weighted by atomic mass is 35.5. The van der Waals surface area contributed by atoms with E-state index >= 15 is 0 Å². The number of carboxylic acids is 1. The van der Waals surface area contributed by atoms with Crippen LogP contribution < -0.4 is 15.4 Å². The SMILES string of the molecule is Cc1cc(S(=O)(=O)Nc2cccc(-c3cc(C)c(C(=O)NC(CNC(=O)OC(C)(C)C)C(=O)O)c(C)c3)c2)c(C)cc1Cl. The summed E-state index contributed by atoms with van der Waals surface area (Å²) >= 11 is 6.14. The number of sulfonamides is 1. The number of hydrogen-bond donors (Lipinski definition) is 4. The zero-order chi connectivity index (χ0) is 32.3. The number of halogens is 1. The molecule has 3 aromatic rings. The number of aryl methyl sites for hydroxylation is 4. The molecule has 4 N–H and O–H groups in total. The van der Waals surface area contributed by atoms with Gasteiger partial charge in [0, 0.05) is 16.3 Å².